The van der Waals surface area contributed by atoms with Crippen molar-refractivity contribution in [1.82, 2.24) is 8.61 Å². The summed E-state index contributed by atoms with van der Waals surface area (Å²) >= 11 is 0. The molecule has 5 heteroatoms. The summed E-state index contributed by atoms with van der Waals surface area (Å²) < 4.78 is 28.8. The smallest absolute Gasteiger partial charge is 0.195 e. The molecule has 0 N–H and O–H groups in total. The lowest BCUT2D eigenvalue weighted by Crippen LogP contribution is -2.41. The third-order valence-electron chi connectivity index (χ3n) is 4.83. The van der Waals surface area contributed by atoms with Crippen LogP contribution in [0.2, 0.25) is 0 Å². The zero-order valence-electron chi connectivity index (χ0n) is 12.8. The van der Waals surface area contributed by atoms with Crippen LogP contribution in [-0.4, -0.2) is 43.2 Å². The van der Waals surface area contributed by atoms with Crippen LogP contribution in [-0.2, 0) is 10.2 Å². The van der Waals surface area contributed by atoms with Crippen LogP contribution in [0.4, 0.5) is 0 Å². The van der Waals surface area contributed by atoms with Crippen LogP contribution in [0.25, 0.3) is 0 Å². The fraction of sp³-hybridized carbons (Fsp3) is 0.625. The lowest BCUT2D eigenvalue weighted by molar-refractivity contribution is 0.336. The van der Waals surface area contributed by atoms with Crippen molar-refractivity contribution >= 4 is 10.2 Å². The highest BCUT2D eigenvalue weighted by molar-refractivity contribution is 7.86. The lowest BCUT2D eigenvalue weighted by atomic mass is 9.78. The first-order valence-corrected chi connectivity index (χ1v) is 9.11. The normalized spacial score (nSPS) is 27.2. The van der Waals surface area contributed by atoms with Crippen LogP contribution >= 0.6 is 0 Å². The van der Waals surface area contributed by atoms with Gasteiger partial charge in [-0.2, -0.15) is 17.0 Å². The van der Waals surface area contributed by atoms with Gasteiger partial charge in [0.15, 0.2) is 0 Å². The largest absolute Gasteiger partial charge is 0.282 e. The molecule has 2 saturated heterocycles. The number of hydrogen-bond donors (Lipinski definition) is 0. The fourth-order valence-corrected chi connectivity index (χ4v) is 5.46. The maximum atomic E-state index is 12.8. The molecule has 3 rings (SSSR count). The average Bonchev–Trinajstić information content (AvgIpc) is 3.07. The predicted molar refractivity (Wildman–Crippen MR) is 84.3 cm³/mol. The first-order chi connectivity index (χ1) is 9.91. The molecule has 4 nitrogen and oxygen atoms in total. The molecule has 1 aromatic rings. The number of benzene rings is 1. The van der Waals surface area contributed by atoms with Gasteiger partial charge in [-0.1, -0.05) is 44.2 Å². The van der Waals surface area contributed by atoms with E-state index in [0.29, 0.717) is 26.2 Å². The van der Waals surface area contributed by atoms with Gasteiger partial charge >= 0.3 is 0 Å². The molecule has 0 unspecified atom stereocenters. The third kappa shape index (κ3) is 2.74. The van der Waals surface area contributed by atoms with Gasteiger partial charge in [0.1, 0.15) is 0 Å². The second-order valence-corrected chi connectivity index (χ2v) is 8.79. The Morgan fingerprint density at radius 1 is 1.05 bits per heavy atom. The average molecular weight is 308 g/mol. The van der Waals surface area contributed by atoms with Gasteiger partial charge < -0.3 is 0 Å². The van der Waals surface area contributed by atoms with Gasteiger partial charge in [-0.15, -0.1) is 0 Å². The molecule has 0 spiro atoms. The maximum absolute atomic E-state index is 12.8. The van der Waals surface area contributed by atoms with Gasteiger partial charge in [0, 0.05) is 32.1 Å². The maximum Gasteiger partial charge on any atom is 0.282 e. The van der Waals surface area contributed by atoms with Gasteiger partial charge in [-0.25, -0.2) is 0 Å². The first-order valence-electron chi connectivity index (χ1n) is 7.71. The zero-order chi connectivity index (χ0) is 15.1. The van der Waals surface area contributed by atoms with E-state index < -0.39 is 10.2 Å². The molecular weight excluding hydrogens is 284 g/mol. The van der Waals surface area contributed by atoms with Crippen molar-refractivity contribution in [2.24, 2.45) is 5.41 Å². The second kappa shape index (κ2) is 5.38. The fourth-order valence-electron chi connectivity index (χ4n) is 3.58. The van der Waals surface area contributed by atoms with Crippen LogP contribution in [0.1, 0.15) is 38.2 Å². The summed E-state index contributed by atoms with van der Waals surface area (Å²) in [6, 6.07) is 10.3. The van der Waals surface area contributed by atoms with E-state index in [-0.39, 0.29) is 11.3 Å². The Hall–Kier alpha value is -0.910. The minimum absolute atomic E-state index is 0.0336. The zero-order valence-corrected chi connectivity index (χ0v) is 13.6. The molecule has 2 aliphatic heterocycles. The summed E-state index contributed by atoms with van der Waals surface area (Å²) in [5.74, 6) is 0.260. The minimum atomic E-state index is -3.28. The number of hydrogen-bond acceptors (Lipinski definition) is 2. The molecular formula is C16H24N2O2S. The van der Waals surface area contributed by atoms with E-state index in [1.54, 1.807) is 8.61 Å². The van der Waals surface area contributed by atoms with Gasteiger partial charge in [-0.3, -0.25) is 0 Å². The highest BCUT2D eigenvalue weighted by atomic mass is 32.2. The van der Waals surface area contributed by atoms with Crippen molar-refractivity contribution in [2.45, 2.75) is 32.6 Å². The van der Waals surface area contributed by atoms with Crippen molar-refractivity contribution < 1.29 is 8.42 Å². The van der Waals surface area contributed by atoms with Crippen LogP contribution in [0.15, 0.2) is 30.3 Å². The molecule has 2 heterocycles. The standard InChI is InChI=1S/C16H24N2O2S/c1-16(2)13-18(21(19,20)17-10-6-7-11-17)12-15(16)14-8-4-3-5-9-14/h3-5,8-9,15H,6-7,10-13H2,1-2H3/t15-/m1/s1. The van der Waals surface area contributed by atoms with E-state index >= 15 is 0 Å². The Morgan fingerprint density at radius 3 is 2.29 bits per heavy atom. The third-order valence-corrected chi connectivity index (χ3v) is 6.78. The van der Waals surface area contributed by atoms with E-state index in [1.165, 1.54) is 5.56 Å². The topological polar surface area (TPSA) is 40.6 Å². The summed E-state index contributed by atoms with van der Waals surface area (Å²) in [6.07, 6.45) is 1.97. The molecule has 0 bridgehead atoms. The Bertz CT molecular complexity index is 592. The van der Waals surface area contributed by atoms with Crippen molar-refractivity contribution in [2.75, 3.05) is 26.2 Å². The number of rotatable bonds is 3. The van der Waals surface area contributed by atoms with E-state index in [9.17, 15) is 8.42 Å². The van der Waals surface area contributed by atoms with E-state index in [1.807, 2.05) is 18.2 Å². The molecule has 1 atom stereocenters. The molecule has 0 aliphatic carbocycles. The molecule has 0 saturated carbocycles. The second-order valence-electron chi connectivity index (χ2n) is 6.86. The van der Waals surface area contributed by atoms with Crippen LogP contribution in [0.3, 0.4) is 0 Å². The van der Waals surface area contributed by atoms with Gasteiger partial charge in [0.2, 0.25) is 0 Å². The Balaban J connectivity index is 1.85. The van der Waals surface area contributed by atoms with Gasteiger partial charge in [0.05, 0.1) is 0 Å². The summed E-state index contributed by atoms with van der Waals surface area (Å²) in [6.45, 7) is 6.89. The van der Waals surface area contributed by atoms with Gasteiger partial charge in [-0.05, 0) is 23.8 Å². The van der Waals surface area contributed by atoms with Crippen LogP contribution in [0, 0.1) is 5.41 Å². The Morgan fingerprint density at radius 2 is 1.67 bits per heavy atom. The van der Waals surface area contributed by atoms with E-state index in [0.717, 1.165) is 12.8 Å². The van der Waals surface area contributed by atoms with Crippen molar-refractivity contribution in [3.63, 3.8) is 0 Å². The van der Waals surface area contributed by atoms with Crippen molar-refractivity contribution in [3.05, 3.63) is 35.9 Å². The molecule has 1 aromatic carbocycles. The van der Waals surface area contributed by atoms with Crippen LogP contribution in [0.5, 0.6) is 0 Å². The Labute approximate surface area is 127 Å². The van der Waals surface area contributed by atoms with E-state index in [4.69, 9.17) is 0 Å². The highest BCUT2D eigenvalue weighted by Crippen LogP contribution is 2.43. The molecule has 2 aliphatic rings. The SMILES string of the molecule is CC1(C)CN(S(=O)(=O)N2CCCC2)C[C@@H]1c1ccccc1. The lowest BCUT2D eigenvalue weighted by Gasteiger charge is -2.26. The monoisotopic (exact) mass is 308 g/mol. The Kier molecular flexibility index (Phi) is 3.84. The first kappa shape index (κ1) is 15.0. The summed E-state index contributed by atoms with van der Waals surface area (Å²) in [5.41, 5.74) is 1.20. The molecule has 0 amide bonds. The van der Waals surface area contributed by atoms with E-state index in [2.05, 4.69) is 26.0 Å². The van der Waals surface area contributed by atoms with Crippen LogP contribution < -0.4 is 0 Å². The molecule has 21 heavy (non-hydrogen) atoms. The van der Waals surface area contributed by atoms with Crippen molar-refractivity contribution in [3.8, 4) is 0 Å². The molecule has 2 fully saturated rings. The summed E-state index contributed by atoms with van der Waals surface area (Å²) in [7, 11) is -3.28. The number of nitrogens with zero attached hydrogens (tertiary/aromatic N) is 2. The van der Waals surface area contributed by atoms with Crippen molar-refractivity contribution in [1.29, 1.82) is 0 Å². The molecule has 0 radical (unpaired) electrons. The molecule has 116 valence electrons. The predicted octanol–water partition coefficient (Wildman–Crippen LogP) is 2.45. The highest BCUT2D eigenvalue weighted by Gasteiger charge is 2.46. The molecule has 0 aromatic heterocycles. The minimum Gasteiger partial charge on any atom is -0.195 e. The quantitative estimate of drug-likeness (QED) is 0.860. The summed E-state index contributed by atoms with van der Waals surface area (Å²) in [4.78, 5) is 0. The van der Waals surface area contributed by atoms with Gasteiger partial charge in [0.25, 0.3) is 10.2 Å². The summed E-state index contributed by atoms with van der Waals surface area (Å²) in [5, 5.41) is 0.